The standard InChI is InChI=1S/C21H20N2O2/c1-14(2)17-9-7-16(8-10-17)11-19(13-22)21(25)23-20-6-4-5-18(12-20)15(3)24/h4-12,14H,1-3H3,(H,23,25). The van der Waals surface area contributed by atoms with Crippen LogP contribution in [0.2, 0.25) is 0 Å². The Morgan fingerprint density at radius 2 is 1.80 bits per heavy atom. The molecule has 0 bridgehead atoms. The van der Waals surface area contributed by atoms with Crippen LogP contribution in [-0.2, 0) is 4.79 Å². The second-order valence-corrected chi connectivity index (χ2v) is 6.08. The lowest BCUT2D eigenvalue weighted by Crippen LogP contribution is -2.13. The number of Topliss-reactive ketones (excluding diaryl/α,β-unsaturated/α-hetero) is 1. The maximum Gasteiger partial charge on any atom is 0.266 e. The van der Waals surface area contributed by atoms with Crippen LogP contribution < -0.4 is 5.32 Å². The molecule has 1 N–H and O–H groups in total. The molecule has 4 nitrogen and oxygen atoms in total. The van der Waals surface area contributed by atoms with Crippen LogP contribution in [0.5, 0.6) is 0 Å². The number of rotatable bonds is 5. The average molecular weight is 332 g/mol. The number of anilines is 1. The third kappa shape index (κ3) is 4.89. The molecule has 25 heavy (non-hydrogen) atoms. The number of amides is 1. The molecule has 0 radical (unpaired) electrons. The predicted molar refractivity (Wildman–Crippen MR) is 99.2 cm³/mol. The minimum atomic E-state index is -0.504. The zero-order valence-corrected chi connectivity index (χ0v) is 14.5. The highest BCUT2D eigenvalue weighted by Gasteiger charge is 2.10. The molecule has 0 unspecified atom stereocenters. The Kier molecular flexibility index (Phi) is 5.86. The van der Waals surface area contributed by atoms with E-state index in [-0.39, 0.29) is 11.4 Å². The number of carbonyl (C=O) groups is 2. The summed E-state index contributed by atoms with van der Waals surface area (Å²) in [5, 5.41) is 11.9. The van der Waals surface area contributed by atoms with E-state index < -0.39 is 5.91 Å². The van der Waals surface area contributed by atoms with Gasteiger partial charge in [0, 0.05) is 11.3 Å². The number of benzene rings is 2. The molecule has 0 saturated heterocycles. The predicted octanol–water partition coefficient (Wildman–Crippen LogP) is 4.56. The van der Waals surface area contributed by atoms with Gasteiger partial charge in [0.05, 0.1) is 0 Å². The minimum Gasteiger partial charge on any atom is -0.321 e. The summed E-state index contributed by atoms with van der Waals surface area (Å²) in [6.07, 6.45) is 1.55. The van der Waals surface area contributed by atoms with Crippen molar-refractivity contribution in [3.05, 3.63) is 70.8 Å². The molecule has 4 heteroatoms. The number of carbonyl (C=O) groups excluding carboxylic acids is 2. The van der Waals surface area contributed by atoms with Gasteiger partial charge in [-0.05, 0) is 42.2 Å². The van der Waals surface area contributed by atoms with Gasteiger partial charge in [-0.3, -0.25) is 9.59 Å². The molecule has 0 aliphatic rings. The summed E-state index contributed by atoms with van der Waals surface area (Å²) < 4.78 is 0. The van der Waals surface area contributed by atoms with E-state index in [9.17, 15) is 14.9 Å². The smallest absolute Gasteiger partial charge is 0.266 e. The third-order valence-corrected chi connectivity index (χ3v) is 3.81. The Bertz CT molecular complexity index is 856. The van der Waals surface area contributed by atoms with Gasteiger partial charge in [-0.2, -0.15) is 5.26 Å². The molecule has 0 aromatic heterocycles. The molecule has 2 aromatic carbocycles. The Morgan fingerprint density at radius 1 is 1.12 bits per heavy atom. The van der Waals surface area contributed by atoms with Crippen LogP contribution in [-0.4, -0.2) is 11.7 Å². The fourth-order valence-corrected chi connectivity index (χ4v) is 2.31. The summed E-state index contributed by atoms with van der Waals surface area (Å²) in [7, 11) is 0. The van der Waals surface area contributed by atoms with Gasteiger partial charge in [0.1, 0.15) is 11.6 Å². The van der Waals surface area contributed by atoms with E-state index in [2.05, 4.69) is 19.2 Å². The Morgan fingerprint density at radius 3 is 2.36 bits per heavy atom. The molecule has 2 rings (SSSR count). The molecule has 0 aliphatic heterocycles. The fraction of sp³-hybridized carbons (Fsp3) is 0.190. The second kappa shape index (κ2) is 8.07. The summed E-state index contributed by atoms with van der Waals surface area (Å²) in [4.78, 5) is 23.7. The highest BCUT2D eigenvalue weighted by atomic mass is 16.1. The van der Waals surface area contributed by atoms with Gasteiger partial charge >= 0.3 is 0 Å². The number of hydrogen-bond donors (Lipinski definition) is 1. The van der Waals surface area contributed by atoms with Crippen LogP contribution >= 0.6 is 0 Å². The van der Waals surface area contributed by atoms with Crippen molar-refractivity contribution in [2.45, 2.75) is 26.7 Å². The number of nitrogens with one attached hydrogen (secondary N) is 1. The molecule has 0 spiro atoms. The molecule has 0 fully saturated rings. The van der Waals surface area contributed by atoms with Crippen molar-refractivity contribution in [3.63, 3.8) is 0 Å². The van der Waals surface area contributed by atoms with Crippen molar-refractivity contribution >= 4 is 23.5 Å². The van der Waals surface area contributed by atoms with Crippen LogP contribution in [0, 0.1) is 11.3 Å². The summed E-state index contributed by atoms with van der Waals surface area (Å²) >= 11 is 0. The summed E-state index contributed by atoms with van der Waals surface area (Å²) in [5.74, 6) is -0.168. The van der Waals surface area contributed by atoms with Crippen molar-refractivity contribution in [1.82, 2.24) is 0 Å². The van der Waals surface area contributed by atoms with Crippen molar-refractivity contribution in [2.24, 2.45) is 0 Å². The Balaban J connectivity index is 2.19. The first-order valence-corrected chi connectivity index (χ1v) is 8.05. The first kappa shape index (κ1) is 18.2. The van der Waals surface area contributed by atoms with Crippen molar-refractivity contribution in [3.8, 4) is 6.07 Å². The van der Waals surface area contributed by atoms with E-state index in [1.165, 1.54) is 12.5 Å². The van der Waals surface area contributed by atoms with Gasteiger partial charge in [0.15, 0.2) is 5.78 Å². The first-order chi connectivity index (χ1) is 11.9. The zero-order chi connectivity index (χ0) is 18.4. The molecular weight excluding hydrogens is 312 g/mol. The lowest BCUT2D eigenvalue weighted by Gasteiger charge is -2.07. The average Bonchev–Trinajstić information content (AvgIpc) is 2.60. The van der Waals surface area contributed by atoms with Crippen molar-refractivity contribution < 1.29 is 9.59 Å². The number of hydrogen-bond acceptors (Lipinski definition) is 3. The summed E-state index contributed by atoms with van der Waals surface area (Å²) in [6.45, 7) is 5.67. The fourth-order valence-electron chi connectivity index (χ4n) is 2.31. The lowest BCUT2D eigenvalue weighted by molar-refractivity contribution is -0.112. The van der Waals surface area contributed by atoms with Gasteiger partial charge < -0.3 is 5.32 Å². The van der Waals surface area contributed by atoms with E-state index >= 15 is 0 Å². The van der Waals surface area contributed by atoms with Crippen LogP contribution in [0.4, 0.5) is 5.69 Å². The second-order valence-electron chi connectivity index (χ2n) is 6.08. The largest absolute Gasteiger partial charge is 0.321 e. The molecule has 126 valence electrons. The molecular formula is C21H20N2O2. The topological polar surface area (TPSA) is 70.0 Å². The van der Waals surface area contributed by atoms with Gasteiger partial charge in [-0.15, -0.1) is 0 Å². The minimum absolute atomic E-state index is 0.00512. The van der Waals surface area contributed by atoms with Crippen LogP contribution in [0.3, 0.4) is 0 Å². The van der Waals surface area contributed by atoms with Crippen LogP contribution in [0.25, 0.3) is 6.08 Å². The number of nitrogens with zero attached hydrogens (tertiary/aromatic N) is 1. The Hall–Kier alpha value is -3.19. The monoisotopic (exact) mass is 332 g/mol. The van der Waals surface area contributed by atoms with E-state index in [0.29, 0.717) is 17.2 Å². The van der Waals surface area contributed by atoms with Gasteiger partial charge in [-0.25, -0.2) is 0 Å². The highest BCUT2D eigenvalue weighted by Crippen LogP contribution is 2.17. The SMILES string of the molecule is CC(=O)c1cccc(NC(=O)C(C#N)=Cc2ccc(C(C)C)cc2)c1. The van der Waals surface area contributed by atoms with E-state index in [1.807, 2.05) is 30.3 Å². The van der Waals surface area contributed by atoms with Crippen molar-refractivity contribution in [1.29, 1.82) is 5.26 Å². The van der Waals surface area contributed by atoms with E-state index in [1.54, 1.807) is 30.3 Å². The van der Waals surface area contributed by atoms with E-state index in [0.717, 1.165) is 5.56 Å². The highest BCUT2D eigenvalue weighted by molar-refractivity contribution is 6.10. The van der Waals surface area contributed by atoms with Crippen LogP contribution in [0.1, 0.15) is 48.2 Å². The van der Waals surface area contributed by atoms with Crippen LogP contribution in [0.15, 0.2) is 54.1 Å². The quantitative estimate of drug-likeness (QED) is 0.496. The zero-order valence-electron chi connectivity index (χ0n) is 14.5. The van der Waals surface area contributed by atoms with Crippen molar-refractivity contribution in [2.75, 3.05) is 5.32 Å². The first-order valence-electron chi connectivity index (χ1n) is 8.05. The van der Waals surface area contributed by atoms with Gasteiger partial charge in [-0.1, -0.05) is 50.2 Å². The summed E-state index contributed by atoms with van der Waals surface area (Å²) in [6, 6.07) is 16.3. The normalized spacial score (nSPS) is 11.1. The summed E-state index contributed by atoms with van der Waals surface area (Å²) in [5.41, 5.74) is 2.97. The number of nitriles is 1. The molecule has 2 aromatic rings. The van der Waals surface area contributed by atoms with Gasteiger partial charge in [0.25, 0.3) is 5.91 Å². The molecule has 0 atom stereocenters. The molecule has 0 aliphatic carbocycles. The maximum atomic E-state index is 12.3. The molecule has 1 amide bonds. The third-order valence-electron chi connectivity index (χ3n) is 3.81. The molecule has 0 heterocycles. The maximum absolute atomic E-state index is 12.3. The Labute approximate surface area is 147 Å². The van der Waals surface area contributed by atoms with Gasteiger partial charge in [0.2, 0.25) is 0 Å². The number of ketones is 1. The molecule has 0 saturated carbocycles. The lowest BCUT2D eigenvalue weighted by atomic mass is 10.0. The van der Waals surface area contributed by atoms with E-state index in [4.69, 9.17) is 0 Å².